The number of carbonyl (C=O) groups excluding carboxylic acids is 1. The van der Waals surface area contributed by atoms with Crippen LogP contribution in [-0.4, -0.2) is 24.4 Å². The Hall–Kier alpha value is -2.41. The summed E-state index contributed by atoms with van der Waals surface area (Å²) in [5.74, 6) is 4.72. The number of hydrogen-bond acceptors (Lipinski definition) is 3. The summed E-state index contributed by atoms with van der Waals surface area (Å²) in [5.41, 5.74) is 0.811. The van der Waals surface area contributed by atoms with Crippen molar-refractivity contribution in [2.75, 3.05) is 12.4 Å². The van der Waals surface area contributed by atoms with Crippen molar-refractivity contribution in [3.63, 3.8) is 0 Å². The maximum Gasteiger partial charge on any atom is 0.264 e. The first kappa shape index (κ1) is 20.9. The largest absolute Gasteiger partial charge is 0.321 e. The summed E-state index contributed by atoms with van der Waals surface area (Å²) >= 11 is 12.0. The molecule has 3 N–H and O–H groups in total. The van der Waals surface area contributed by atoms with Crippen LogP contribution in [0.5, 0.6) is 0 Å². The van der Waals surface area contributed by atoms with Crippen LogP contribution in [0.25, 0.3) is 11.1 Å². The summed E-state index contributed by atoms with van der Waals surface area (Å²) in [6, 6.07) is 11.9. The van der Waals surface area contributed by atoms with Crippen molar-refractivity contribution in [1.29, 1.82) is 0 Å². The Morgan fingerprint density at radius 2 is 1.89 bits per heavy atom. The van der Waals surface area contributed by atoms with Crippen molar-refractivity contribution in [3.05, 3.63) is 76.4 Å². The minimum absolute atomic E-state index is 0.320. The Balaban J connectivity index is 2.40. The Morgan fingerprint density at radius 3 is 2.48 bits per heavy atom. The van der Waals surface area contributed by atoms with Crippen molar-refractivity contribution in [1.82, 2.24) is 5.01 Å². The number of nitrogens with one attached hydrogen (secondary N) is 1. The topological polar surface area (TPSA) is 58.4 Å². The first-order valence-corrected chi connectivity index (χ1v) is 8.48. The number of nitrogens with two attached hydrogens (primary N) is 1. The number of alkyl halides is 2. The summed E-state index contributed by atoms with van der Waals surface area (Å²) in [6.07, 6.45) is -1.81. The molecule has 0 saturated heterocycles. The molecule has 0 unspecified atom stereocenters. The standard InChI is InChI=1S/C19H17Cl2F2N3O/c1-11(18(22)23)14(10-26(2)24)19(27)25-17-6-4-3-5-13(17)12-7-8-15(20)16(21)9-12/h3-10,18H,1,24H2,2H3,(H,25,27)/b14-10+. The molecule has 0 aliphatic carbocycles. The number of amides is 1. The van der Waals surface area contributed by atoms with Crippen molar-refractivity contribution < 1.29 is 13.6 Å². The molecule has 8 heteroatoms. The van der Waals surface area contributed by atoms with E-state index in [-0.39, 0.29) is 5.57 Å². The number of benzene rings is 2. The smallest absolute Gasteiger partial charge is 0.264 e. The molecule has 4 nitrogen and oxygen atoms in total. The maximum atomic E-state index is 13.0. The third kappa shape index (κ3) is 5.29. The SMILES string of the molecule is C=C(/C(=C\N(C)N)C(=O)Nc1ccccc1-c1ccc(Cl)c(Cl)c1)C(F)F. The third-order valence-electron chi connectivity index (χ3n) is 3.59. The van der Waals surface area contributed by atoms with Crippen LogP contribution in [0, 0.1) is 0 Å². The lowest BCUT2D eigenvalue weighted by atomic mass is 10.0. The number of hydrazine groups is 1. The van der Waals surface area contributed by atoms with Gasteiger partial charge >= 0.3 is 0 Å². The number of rotatable bonds is 6. The van der Waals surface area contributed by atoms with Gasteiger partial charge in [-0.3, -0.25) is 4.79 Å². The van der Waals surface area contributed by atoms with Gasteiger partial charge in [-0.1, -0.05) is 54.0 Å². The number of carbonyl (C=O) groups is 1. The van der Waals surface area contributed by atoms with Crippen molar-refractivity contribution >= 4 is 34.8 Å². The highest BCUT2D eigenvalue weighted by Gasteiger charge is 2.21. The summed E-state index contributed by atoms with van der Waals surface area (Å²) in [4.78, 5) is 12.6. The third-order valence-corrected chi connectivity index (χ3v) is 4.33. The zero-order chi connectivity index (χ0) is 20.1. The normalized spacial score (nSPS) is 11.4. The first-order chi connectivity index (χ1) is 12.7. The highest BCUT2D eigenvalue weighted by atomic mass is 35.5. The van der Waals surface area contributed by atoms with Gasteiger partial charge in [0.25, 0.3) is 12.3 Å². The molecule has 2 rings (SSSR count). The fraction of sp³-hybridized carbons (Fsp3) is 0.105. The van der Waals surface area contributed by atoms with E-state index in [9.17, 15) is 13.6 Å². The van der Waals surface area contributed by atoms with Crippen LogP contribution in [0.4, 0.5) is 14.5 Å². The molecule has 0 spiro atoms. The lowest BCUT2D eigenvalue weighted by Gasteiger charge is -2.16. The van der Waals surface area contributed by atoms with E-state index in [0.29, 0.717) is 26.9 Å². The second kappa shape index (κ2) is 8.99. The quantitative estimate of drug-likeness (QED) is 0.300. The molecule has 27 heavy (non-hydrogen) atoms. The highest BCUT2D eigenvalue weighted by molar-refractivity contribution is 6.42. The van der Waals surface area contributed by atoms with Gasteiger partial charge < -0.3 is 10.3 Å². The Labute approximate surface area is 165 Å². The molecule has 0 aromatic heterocycles. The number of halogens is 4. The Kier molecular flexibility index (Phi) is 6.96. The van der Waals surface area contributed by atoms with Gasteiger partial charge in [0.05, 0.1) is 15.6 Å². The minimum Gasteiger partial charge on any atom is -0.321 e. The number of hydrogen-bond donors (Lipinski definition) is 2. The van der Waals surface area contributed by atoms with Crippen LogP contribution >= 0.6 is 23.2 Å². The molecule has 0 saturated carbocycles. The van der Waals surface area contributed by atoms with E-state index in [1.807, 2.05) is 0 Å². The van der Waals surface area contributed by atoms with E-state index < -0.39 is 17.9 Å². The molecule has 142 valence electrons. The van der Waals surface area contributed by atoms with E-state index in [1.165, 1.54) is 7.05 Å². The maximum absolute atomic E-state index is 13.0. The van der Waals surface area contributed by atoms with Crippen LogP contribution in [0.3, 0.4) is 0 Å². The Morgan fingerprint density at radius 1 is 1.22 bits per heavy atom. The zero-order valence-electron chi connectivity index (χ0n) is 14.3. The minimum atomic E-state index is -2.90. The average Bonchev–Trinajstić information content (AvgIpc) is 2.61. The summed E-state index contributed by atoms with van der Waals surface area (Å²) in [6.45, 7) is 3.28. The van der Waals surface area contributed by atoms with Gasteiger partial charge in [-0.05, 0) is 23.8 Å². The molecule has 2 aromatic rings. The number of para-hydroxylation sites is 1. The van der Waals surface area contributed by atoms with Gasteiger partial charge in [0.2, 0.25) is 0 Å². The van der Waals surface area contributed by atoms with E-state index in [0.717, 1.165) is 11.2 Å². The summed E-state index contributed by atoms with van der Waals surface area (Å²) in [7, 11) is 1.41. The molecule has 0 radical (unpaired) electrons. The average molecular weight is 412 g/mol. The summed E-state index contributed by atoms with van der Waals surface area (Å²) in [5, 5.41) is 4.38. The van der Waals surface area contributed by atoms with Crippen LogP contribution in [0.2, 0.25) is 10.0 Å². The zero-order valence-corrected chi connectivity index (χ0v) is 15.9. The highest BCUT2D eigenvalue weighted by Crippen LogP contribution is 2.33. The van der Waals surface area contributed by atoms with Crippen molar-refractivity contribution in [2.45, 2.75) is 6.43 Å². The van der Waals surface area contributed by atoms with E-state index in [1.54, 1.807) is 42.5 Å². The predicted octanol–water partition coefficient (Wildman–Crippen LogP) is 5.11. The Bertz CT molecular complexity index is 898. The lowest BCUT2D eigenvalue weighted by Crippen LogP contribution is -2.25. The van der Waals surface area contributed by atoms with Gasteiger partial charge in [-0.2, -0.15) is 0 Å². The molecular formula is C19H17Cl2F2N3O. The number of anilines is 1. The van der Waals surface area contributed by atoms with Gasteiger partial charge in [0.1, 0.15) is 0 Å². The van der Waals surface area contributed by atoms with E-state index in [4.69, 9.17) is 29.0 Å². The molecule has 2 aromatic carbocycles. The molecule has 0 atom stereocenters. The second-order valence-corrected chi connectivity index (χ2v) is 6.48. The molecule has 0 bridgehead atoms. The number of nitrogens with zero attached hydrogens (tertiary/aromatic N) is 1. The van der Waals surface area contributed by atoms with Gasteiger partial charge in [-0.25, -0.2) is 14.6 Å². The molecule has 1 amide bonds. The van der Waals surface area contributed by atoms with Crippen molar-refractivity contribution in [2.24, 2.45) is 5.84 Å². The lowest BCUT2D eigenvalue weighted by molar-refractivity contribution is -0.112. The molecule has 0 fully saturated rings. The van der Waals surface area contributed by atoms with Crippen molar-refractivity contribution in [3.8, 4) is 11.1 Å². The fourth-order valence-electron chi connectivity index (χ4n) is 2.31. The van der Waals surface area contributed by atoms with E-state index >= 15 is 0 Å². The van der Waals surface area contributed by atoms with E-state index in [2.05, 4.69) is 11.9 Å². The predicted molar refractivity (Wildman–Crippen MR) is 106 cm³/mol. The van der Waals surface area contributed by atoms with Crippen LogP contribution in [-0.2, 0) is 4.79 Å². The molecule has 0 aliphatic heterocycles. The summed E-state index contributed by atoms with van der Waals surface area (Å²) < 4.78 is 26.1. The van der Waals surface area contributed by atoms with Gasteiger partial charge in [0, 0.05) is 30.1 Å². The van der Waals surface area contributed by atoms with Crippen LogP contribution < -0.4 is 11.2 Å². The molecule has 0 aliphatic rings. The second-order valence-electron chi connectivity index (χ2n) is 5.66. The monoisotopic (exact) mass is 411 g/mol. The van der Waals surface area contributed by atoms with Gasteiger partial charge in [-0.15, -0.1) is 0 Å². The molecular weight excluding hydrogens is 395 g/mol. The van der Waals surface area contributed by atoms with Crippen LogP contribution in [0.15, 0.2) is 66.4 Å². The fourth-order valence-corrected chi connectivity index (χ4v) is 2.60. The molecule has 0 heterocycles. The van der Waals surface area contributed by atoms with Crippen LogP contribution in [0.1, 0.15) is 0 Å². The first-order valence-electron chi connectivity index (χ1n) is 7.73. The van der Waals surface area contributed by atoms with Gasteiger partial charge in [0.15, 0.2) is 0 Å².